The molecule has 3 rings (SSSR count). The second kappa shape index (κ2) is 3.51. The van der Waals surface area contributed by atoms with E-state index in [4.69, 9.17) is 14.2 Å². The van der Waals surface area contributed by atoms with Crippen LogP contribution in [0.1, 0.15) is 18.1 Å². The van der Waals surface area contributed by atoms with E-state index < -0.39 is 0 Å². The third-order valence-electron chi connectivity index (χ3n) is 3.08. The lowest BCUT2D eigenvalue weighted by atomic mass is 10.0. The Hall–Kier alpha value is -1.06. The molecule has 0 unspecified atom stereocenters. The van der Waals surface area contributed by atoms with Gasteiger partial charge in [-0.2, -0.15) is 0 Å². The lowest BCUT2D eigenvalue weighted by Gasteiger charge is -2.20. The van der Waals surface area contributed by atoms with E-state index in [1.165, 1.54) is 5.56 Å². The number of ether oxygens (including phenoxy) is 3. The van der Waals surface area contributed by atoms with Crippen LogP contribution < -0.4 is 4.74 Å². The summed E-state index contributed by atoms with van der Waals surface area (Å²) in [5.41, 5.74) is 1.21. The Balaban J connectivity index is 1.74. The third kappa shape index (κ3) is 1.73. The standard InChI is InChI=1S/C12H14O3/c1-13-9-4-2-8(3-5-9)10-6-11-12(15-11)7-14-10/h2-5,10-12H,6-7H2,1H3/t10-,11+,12+/m0/s1. The highest BCUT2D eigenvalue weighted by Gasteiger charge is 2.45. The first kappa shape index (κ1) is 9.19. The van der Waals surface area contributed by atoms with Crippen LogP contribution in [0.25, 0.3) is 0 Å². The summed E-state index contributed by atoms with van der Waals surface area (Å²) in [5.74, 6) is 0.884. The van der Waals surface area contributed by atoms with Crippen LogP contribution in [0, 0.1) is 0 Å². The van der Waals surface area contributed by atoms with Crippen molar-refractivity contribution in [3.8, 4) is 5.75 Å². The van der Waals surface area contributed by atoms with E-state index in [2.05, 4.69) is 12.1 Å². The molecule has 15 heavy (non-hydrogen) atoms. The first-order valence-electron chi connectivity index (χ1n) is 5.28. The van der Waals surface area contributed by atoms with E-state index in [-0.39, 0.29) is 6.10 Å². The Morgan fingerprint density at radius 2 is 2.00 bits per heavy atom. The molecule has 0 bridgehead atoms. The minimum atomic E-state index is 0.194. The Morgan fingerprint density at radius 3 is 2.67 bits per heavy atom. The van der Waals surface area contributed by atoms with Crippen molar-refractivity contribution in [2.75, 3.05) is 13.7 Å². The van der Waals surface area contributed by atoms with Gasteiger partial charge in [0.25, 0.3) is 0 Å². The van der Waals surface area contributed by atoms with E-state index in [1.807, 2.05) is 12.1 Å². The van der Waals surface area contributed by atoms with Gasteiger partial charge in [-0.05, 0) is 17.7 Å². The molecule has 0 aromatic heterocycles. The predicted molar refractivity (Wildman–Crippen MR) is 55.0 cm³/mol. The number of methoxy groups -OCH3 is 1. The van der Waals surface area contributed by atoms with Crippen molar-refractivity contribution in [3.05, 3.63) is 29.8 Å². The molecule has 0 aliphatic carbocycles. The molecule has 3 heteroatoms. The lowest BCUT2D eigenvalue weighted by molar-refractivity contribution is 0.0289. The monoisotopic (exact) mass is 206 g/mol. The second-order valence-corrected chi connectivity index (χ2v) is 4.04. The number of hydrogen-bond donors (Lipinski definition) is 0. The van der Waals surface area contributed by atoms with E-state index >= 15 is 0 Å². The maximum atomic E-state index is 5.73. The minimum absolute atomic E-state index is 0.194. The highest BCUT2D eigenvalue weighted by molar-refractivity contribution is 5.29. The van der Waals surface area contributed by atoms with Gasteiger partial charge in [0.15, 0.2) is 0 Å². The molecule has 3 atom stereocenters. The Kier molecular flexibility index (Phi) is 2.15. The van der Waals surface area contributed by atoms with Gasteiger partial charge < -0.3 is 14.2 Å². The van der Waals surface area contributed by atoms with Gasteiger partial charge in [0.2, 0.25) is 0 Å². The molecular formula is C12H14O3. The number of epoxide rings is 1. The molecular weight excluding hydrogens is 192 g/mol. The molecule has 1 aromatic rings. The zero-order valence-electron chi connectivity index (χ0n) is 8.68. The highest BCUT2D eigenvalue weighted by atomic mass is 16.6. The number of benzene rings is 1. The van der Waals surface area contributed by atoms with Gasteiger partial charge in [-0.3, -0.25) is 0 Å². The topological polar surface area (TPSA) is 31.0 Å². The van der Waals surface area contributed by atoms with Crippen LogP contribution in [0.5, 0.6) is 5.75 Å². The van der Waals surface area contributed by atoms with E-state index in [1.54, 1.807) is 7.11 Å². The zero-order chi connectivity index (χ0) is 10.3. The van der Waals surface area contributed by atoms with Crippen molar-refractivity contribution in [1.29, 1.82) is 0 Å². The summed E-state index contributed by atoms with van der Waals surface area (Å²) >= 11 is 0. The van der Waals surface area contributed by atoms with Gasteiger partial charge in [-0.25, -0.2) is 0 Å². The summed E-state index contributed by atoms with van der Waals surface area (Å²) in [5, 5.41) is 0. The first-order valence-corrected chi connectivity index (χ1v) is 5.28. The summed E-state index contributed by atoms with van der Waals surface area (Å²) in [6, 6.07) is 8.06. The fraction of sp³-hybridized carbons (Fsp3) is 0.500. The summed E-state index contributed by atoms with van der Waals surface area (Å²) in [4.78, 5) is 0. The van der Waals surface area contributed by atoms with Gasteiger partial charge >= 0.3 is 0 Å². The molecule has 0 N–H and O–H groups in total. The van der Waals surface area contributed by atoms with Gasteiger partial charge in [0.05, 0.1) is 25.9 Å². The van der Waals surface area contributed by atoms with Gasteiger partial charge in [-0.1, -0.05) is 12.1 Å². The maximum absolute atomic E-state index is 5.73. The summed E-state index contributed by atoms with van der Waals surface area (Å²) in [6.07, 6.45) is 1.99. The molecule has 0 radical (unpaired) electrons. The lowest BCUT2D eigenvalue weighted by Crippen LogP contribution is -2.18. The summed E-state index contributed by atoms with van der Waals surface area (Å²) < 4.78 is 16.3. The van der Waals surface area contributed by atoms with Crippen molar-refractivity contribution in [2.45, 2.75) is 24.7 Å². The Morgan fingerprint density at radius 1 is 1.20 bits per heavy atom. The van der Waals surface area contributed by atoms with Crippen LogP contribution in [-0.4, -0.2) is 25.9 Å². The normalized spacial score (nSPS) is 33.3. The van der Waals surface area contributed by atoms with Crippen molar-refractivity contribution in [3.63, 3.8) is 0 Å². The molecule has 2 fully saturated rings. The minimum Gasteiger partial charge on any atom is -0.497 e. The number of hydrogen-bond acceptors (Lipinski definition) is 3. The largest absolute Gasteiger partial charge is 0.497 e. The van der Waals surface area contributed by atoms with E-state index in [0.29, 0.717) is 12.2 Å². The predicted octanol–water partition coefficient (Wildman–Crippen LogP) is 1.92. The van der Waals surface area contributed by atoms with Crippen molar-refractivity contribution < 1.29 is 14.2 Å². The summed E-state index contributed by atoms with van der Waals surface area (Å²) in [7, 11) is 1.68. The van der Waals surface area contributed by atoms with Crippen molar-refractivity contribution in [1.82, 2.24) is 0 Å². The van der Waals surface area contributed by atoms with Crippen LogP contribution in [0.3, 0.4) is 0 Å². The molecule has 80 valence electrons. The fourth-order valence-electron chi connectivity index (χ4n) is 2.07. The van der Waals surface area contributed by atoms with Gasteiger partial charge in [0.1, 0.15) is 11.9 Å². The van der Waals surface area contributed by atoms with Crippen LogP contribution >= 0.6 is 0 Å². The first-order chi connectivity index (χ1) is 7.36. The maximum Gasteiger partial charge on any atom is 0.118 e. The van der Waals surface area contributed by atoms with E-state index in [0.717, 1.165) is 18.8 Å². The average molecular weight is 206 g/mol. The Labute approximate surface area is 89.0 Å². The van der Waals surface area contributed by atoms with Crippen LogP contribution in [0.15, 0.2) is 24.3 Å². The van der Waals surface area contributed by atoms with E-state index in [9.17, 15) is 0 Å². The zero-order valence-corrected chi connectivity index (χ0v) is 8.68. The number of rotatable bonds is 2. The average Bonchev–Trinajstić information content (AvgIpc) is 3.07. The third-order valence-corrected chi connectivity index (χ3v) is 3.08. The molecule has 3 nitrogen and oxygen atoms in total. The molecule has 1 aromatic carbocycles. The highest BCUT2D eigenvalue weighted by Crippen LogP contribution is 2.39. The smallest absolute Gasteiger partial charge is 0.118 e. The number of fused-ring (bicyclic) bond motifs is 1. The van der Waals surface area contributed by atoms with Gasteiger partial charge in [0, 0.05) is 6.42 Å². The molecule has 0 spiro atoms. The quantitative estimate of drug-likeness (QED) is 0.693. The van der Waals surface area contributed by atoms with Crippen molar-refractivity contribution >= 4 is 0 Å². The van der Waals surface area contributed by atoms with Crippen LogP contribution in [0.2, 0.25) is 0 Å². The van der Waals surface area contributed by atoms with Crippen LogP contribution in [-0.2, 0) is 9.47 Å². The molecule has 2 aliphatic rings. The molecule has 2 heterocycles. The SMILES string of the molecule is COc1ccc([C@@H]2C[C@H]3O[C@@H]3CO2)cc1. The molecule has 2 aliphatic heterocycles. The molecule has 0 saturated carbocycles. The van der Waals surface area contributed by atoms with Crippen LogP contribution in [0.4, 0.5) is 0 Å². The fourth-order valence-corrected chi connectivity index (χ4v) is 2.07. The van der Waals surface area contributed by atoms with Crippen molar-refractivity contribution in [2.24, 2.45) is 0 Å². The molecule has 0 amide bonds. The van der Waals surface area contributed by atoms with Gasteiger partial charge in [-0.15, -0.1) is 0 Å². The Bertz CT molecular complexity index is 346. The second-order valence-electron chi connectivity index (χ2n) is 4.04. The summed E-state index contributed by atoms with van der Waals surface area (Å²) in [6.45, 7) is 0.737. The molecule has 2 saturated heterocycles.